The number of carbonyl (C=O) groups is 1. The Labute approximate surface area is 65.5 Å². The molecule has 0 amide bonds. The monoisotopic (exact) mass is 162 g/mol. The summed E-state index contributed by atoms with van der Waals surface area (Å²) in [5, 5.41) is 0. The predicted octanol–water partition coefficient (Wildman–Crippen LogP) is 1.22. The summed E-state index contributed by atoms with van der Waals surface area (Å²) in [6, 6.07) is 0. The highest BCUT2D eigenvalue weighted by atomic mass is 35.5. The molecule has 0 unspecified atom stereocenters. The Balaban J connectivity index is 2.31. The van der Waals surface area contributed by atoms with Gasteiger partial charge < -0.3 is 4.74 Å². The van der Waals surface area contributed by atoms with Crippen molar-refractivity contribution in [3.8, 4) is 0 Å². The van der Waals surface area contributed by atoms with Crippen molar-refractivity contribution < 1.29 is 9.53 Å². The first-order valence-corrected chi connectivity index (χ1v) is 4.04. The van der Waals surface area contributed by atoms with E-state index in [-0.39, 0.29) is 17.6 Å². The molecule has 0 aliphatic carbocycles. The Bertz CT molecular complexity index is 119. The molecule has 2 nitrogen and oxygen atoms in total. The molecule has 10 heavy (non-hydrogen) atoms. The third-order valence-corrected chi connectivity index (χ3v) is 2.07. The molecule has 1 aliphatic rings. The first kappa shape index (κ1) is 8.02. The molecule has 0 spiro atoms. The van der Waals surface area contributed by atoms with Gasteiger partial charge in [0.05, 0.1) is 5.88 Å². The van der Waals surface area contributed by atoms with Crippen LogP contribution in [0.5, 0.6) is 0 Å². The van der Waals surface area contributed by atoms with Crippen LogP contribution in [-0.4, -0.2) is 24.9 Å². The van der Waals surface area contributed by atoms with Crippen molar-refractivity contribution in [3.63, 3.8) is 0 Å². The predicted molar refractivity (Wildman–Crippen MR) is 39.3 cm³/mol. The standard InChI is InChI=1S/C7H11ClO2/c8-5-7(9)6-1-3-10-4-2-6/h6H,1-5H2. The molecule has 0 aromatic rings. The van der Waals surface area contributed by atoms with Crippen molar-refractivity contribution in [1.29, 1.82) is 0 Å². The number of hydrogen-bond donors (Lipinski definition) is 0. The summed E-state index contributed by atoms with van der Waals surface area (Å²) in [6.45, 7) is 1.43. The molecule has 58 valence electrons. The third-order valence-electron chi connectivity index (χ3n) is 1.81. The lowest BCUT2D eigenvalue weighted by Gasteiger charge is -2.19. The minimum atomic E-state index is 0.157. The molecule has 0 aromatic carbocycles. The van der Waals surface area contributed by atoms with Crippen molar-refractivity contribution in [3.05, 3.63) is 0 Å². The van der Waals surface area contributed by atoms with Crippen molar-refractivity contribution in [2.75, 3.05) is 19.1 Å². The lowest BCUT2D eigenvalue weighted by atomic mass is 9.96. The van der Waals surface area contributed by atoms with Gasteiger partial charge in [0, 0.05) is 19.1 Å². The van der Waals surface area contributed by atoms with Gasteiger partial charge in [0.1, 0.15) is 0 Å². The number of halogens is 1. The average molecular weight is 163 g/mol. The van der Waals surface area contributed by atoms with Crippen molar-refractivity contribution in [2.24, 2.45) is 5.92 Å². The fourth-order valence-electron chi connectivity index (χ4n) is 1.13. The van der Waals surface area contributed by atoms with Crippen molar-refractivity contribution in [1.82, 2.24) is 0 Å². The van der Waals surface area contributed by atoms with Gasteiger partial charge in [-0.2, -0.15) is 0 Å². The zero-order chi connectivity index (χ0) is 7.40. The van der Waals surface area contributed by atoms with Gasteiger partial charge in [0.2, 0.25) is 0 Å². The van der Waals surface area contributed by atoms with E-state index in [9.17, 15) is 4.79 Å². The van der Waals surface area contributed by atoms with E-state index in [1.54, 1.807) is 0 Å². The molecule has 1 heterocycles. The Kier molecular flexibility index (Phi) is 3.16. The minimum Gasteiger partial charge on any atom is -0.381 e. The van der Waals surface area contributed by atoms with E-state index >= 15 is 0 Å². The van der Waals surface area contributed by atoms with Crippen LogP contribution in [0.3, 0.4) is 0 Å². The Morgan fingerprint density at radius 3 is 2.60 bits per heavy atom. The first-order valence-electron chi connectivity index (χ1n) is 3.51. The average Bonchev–Trinajstić information content (AvgIpc) is 2.05. The summed E-state index contributed by atoms with van der Waals surface area (Å²) < 4.78 is 5.10. The molecule has 3 heteroatoms. The van der Waals surface area contributed by atoms with Crippen LogP contribution in [0, 0.1) is 5.92 Å². The number of ketones is 1. The molecular formula is C7H11ClO2. The lowest BCUT2D eigenvalue weighted by molar-refractivity contribution is -0.123. The zero-order valence-corrected chi connectivity index (χ0v) is 6.56. The Morgan fingerprint density at radius 1 is 1.50 bits per heavy atom. The maximum atomic E-state index is 11.0. The quantitative estimate of drug-likeness (QED) is 0.571. The molecule has 1 rings (SSSR count). The fourth-order valence-corrected chi connectivity index (χ4v) is 1.35. The maximum Gasteiger partial charge on any atom is 0.150 e. The summed E-state index contributed by atoms with van der Waals surface area (Å²) in [5.41, 5.74) is 0. The van der Waals surface area contributed by atoms with Crippen molar-refractivity contribution >= 4 is 17.4 Å². The van der Waals surface area contributed by atoms with E-state index < -0.39 is 0 Å². The number of carbonyl (C=O) groups excluding carboxylic acids is 1. The largest absolute Gasteiger partial charge is 0.381 e. The van der Waals surface area contributed by atoms with Gasteiger partial charge in [0.25, 0.3) is 0 Å². The highest BCUT2D eigenvalue weighted by Gasteiger charge is 2.19. The van der Waals surface area contributed by atoms with Crippen molar-refractivity contribution in [2.45, 2.75) is 12.8 Å². The van der Waals surface area contributed by atoms with E-state index in [1.807, 2.05) is 0 Å². The van der Waals surface area contributed by atoms with Crippen LogP contribution < -0.4 is 0 Å². The summed E-state index contributed by atoms with van der Waals surface area (Å²) >= 11 is 5.39. The summed E-state index contributed by atoms with van der Waals surface area (Å²) in [7, 11) is 0. The Hall–Kier alpha value is -0.0800. The fraction of sp³-hybridized carbons (Fsp3) is 0.857. The van der Waals surface area contributed by atoms with Gasteiger partial charge in [0.15, 0.2) is 5.78 Å². The van der Waals surface area contributed by atoms with Crippen LogP contribution >= 0.6 is 11.6 Å². The second-order valence-corrected chi connectivity index (χ2v) is 2.75. The van der Waals surface area contributed by atoms with E-state index in [2.05, 4.69) is 0 Å². The van der Waals surface area contributed by atoms with Crippen LogP contribution in [0.1, 0.15) is 12.8 Å². The smallest absolute Gasteiger partial charge is 0.150 e. The molecule has 0 atom stereocenters. The van der Waals surface area contributed by atoms with Crippen LogP contribution in [-0.2, 0) is 9.53 Å². The van der Waals surface area contributed by atoms with Gasteiger partial charge in [-0.15, -0.1) is 11.6 Å². The number of hydrogen-bond acceptors (Lipinski definition) is 2. The van der Waals surface area contributed by atoms with Gasteiger partial charge in [-0.25, -0.2) is 0 Å². The highest BCUT2D eigenvalue weighted by Crippen LogP contribution is 2.15. The van der Waals surface area contributed by atoms with Gasteiger partial charge in [-0.05, 0) is 12.8 Å². The number of ether oxygens (including phenoxy) is 1. The molecule has 0 radical (unpaired) electrons. The normalized spacial score (nSPS) is 20.9. The van der Waals surface area contributed by atoms with Crippen LogP contribution in [0.4, 0.5) is 0 Å². The highest BCUT2D eigenvalue weighted by molar-refractivity contribution is 6.27. The van der Waals surface area contributed by atoms with Gasteiger partial charge in [-0.1, -0.05) is 0 Å². The second kappa shape index (κ2) is 3.94. The molecule has 1 saturated heterocycles. The molecule has 0 saturated carbocycles. The van der Waals surface area contributed by atoms with Crippen LogP contribution in [0.25, 0.3) is 0 Å². The Morgan fingerprint density at radius 2 is 2.10 bits per heavy atom. The van der Waals surface area contributed by atoms with E-state index in [0.29, 0.717) is 13.2 Å². The lowest BCUT2D eigenvalue weighted by Crippen LogP contribution is -2.24. The molecular weight excluding hydrogens is 152 g/mol. The third kappa shape index (κ3) is 1.96. The summed E-state index contributed by atoms with van der Waals surface area (Å²) in [4.78, 5) is 11.0. The second-order valence-electron chi connectivity index (χ2n) is 2.49. The first-order chi connectivity index (χ1) is 4.84. The summed E-state index contributed by atoms with van der Waals surface area (Å²) in [6.07, 6.45) is 1.71. The number of rotatable bonds is 2. The number of alkyl halides is 1. The zero-order valence-electron chi connectivity index (χ0n) is 5.81. The van der Waals surface area contributed by atoms with E-state index in [1.165, 1.54) is 0 Å². The molecule has 1 aliphatic heterocycles. The number of Topliss-reactive ketones (excluding diaryl/α,β-unsaturated/α-hetero) is 1. The topological polar surface area (TPSA) is 26.3 Å². The summed E-state index contributed by atoms with van der Waals surface area (Å²) in [5.74, 6) is 0.501. The molecule has 0 N–H and O–H groups in total. The van der Waals surface area contributed by atoms with E-state index in [0.717, 1.165) is 12.8 Å². The van der Waals surface area contributed by atoms with E-state index in [4.69, 9.17) is 16.3 Å². The maximum absolute atomic E-state index is 11.0. The molecule has 0 aromatic heterocycles. The molecule has 0 bridgehead atoms. The SMILES string of the molecule is O=C(CCl)C1CCOCC1. The van der Waals surface area contributed by atoms with Crippen LogP contribution in [0.15, 0.2) is 0 Å². The minimum absolute atomic E-state index is 0.157. The van der Waals surface area contributed by atoms with Gasteiger partial charge in [-0.3, -0.25) is 4.79 Å². The van der Waals surface area contributed by atoms with Crippen LogP contribution in [0.2, 0.25) is 0 Å². The van der Waals surface area contributed by atoms with Gasteiger partial charge >= 0.3 is 0 Å². The molecule has 1 fully saturated rings.